The van der Waals surface area contributed by atoms with E-state index in [2.05, 4.69) is 0 Å². The molecular formula is C24H27NO5. The highest BCUT2D eigenvalue weighted by Crippen LogP contribution is 2.21. The summed E-state index contributed by atoms with van der Waals surface area (Å²) in [7, 11) is 1.55. The Labute approximate surface area is 177 Å². The fraction of sp³-hybridized carbons (Fsp3) is 0.333. The van der Waals surface area contributed by atoms with Crippen LogP contribution in [0.3, 0.4) is 0 Å². The van der Waals surface area contributed by atoms with Crippen LogP contribution in [-0.4, -0.2) is 49.4 Å². The van der Waals surface area contributed by atoms with Crippen molar-refractivity contribution in [1.82, 2.24) is 4.90 Å². The topological polar surface area (TPSA) is 65.1 Å². The molecule has 1 fully saturated rings. The van der Waals surface area contributed by atoms with Gasteiger partial charge in [-0.2, -0.15) is 0 Å². The van der Waals surface area contributed by atoms with Gasteiger partial charge in [-0.05, 0) is 11.1 Å². The molecule has 2 amide bonds. The number of nitrogens with zero attached hydrogens (tertiary/aromatic N) is 1. The second kappa shape index (κ2) is 10.7. The third kappa shape index (κ3) is 5.55. The lowest BCUT2D eigenvalue weighted by molar-refractivity contribution is -0.137. The van der Waals surface area contributed by atoms with Gasteiger partial charge in [0.05, 0.1) is 25.2 Å². The molecule has 2 aromatic carbocycles. The number of hydrogen-bond acceptors (Lipinski definition) is 5. The van der Waals surface area contributed by atoms with E-state index in [1.807, 2.05) is 72.8 Å². The quantitative estimate of drug-likeness (QED) is 0.628. The number of amides is 2. The van der Waals surface area contributed by atoms with Crippen molar-refractivity contribution in [3.63, 3.8) is 0 Å². The molecule has 2 aromatic rings. The molecule has 1 saturated heterocycles. The predicted molar refractivity (Wildman–Crippen MR) is 114 cm³/mol. The fourth-order valence-electron chi connectivity index (χ4n) is 3.32. The first kappa shape index (κ1) is 21.7. The molecular weight excluding hydrogens is 382 g/mol. The Morgan fingerprint density at radius 2 is 1.83 bits per heavy atom. The maximum Gasteiger partial charge on any atom is 0.417 e. The van der Waals surface area contributed by atoms with E-state index in [9.17, 15) is 9.59 Å². The van der Waals surface area contributed by atoms with E-state index in [0.717, 1.165) is 16.0 Å². The molecule has 0 aliphatic carbocycles. The van der Waals surface area contributed by atoms with Gasteiger partial charge in [0.1, 0.15) is 12.6 Å². The molecule has 1 heterocycles. The van der Waals surface area contributed by atoms with Gasteiger partial charge in [0.15, 0.2) is 0 Å². The summed E-state index contributed by atoms with van der Waals surface area (Å²) >= 11 is 0. The summed E-state index contributed by atoms with van der Waals surface area (Å²) in [6.45, 7) is 2.50. The minimum atomic E-state index is -0.637. The van der Waals surface area contributed by atoms with E-state index in [4.69, 9.17) is 14.2 Å². The average molecular weight is 409 g/mol. The van der Waals surface area contributed by atoms with E-state index in [1.54, 1.807) is 14.0 Å². The molecule has 30 heavy (non-hydrogen) atoms. The van der Waals surface area contributed by atoms with Crippen LogP contribution in [-0.2, 0) is 25.6 Å². The van der Waals surface area contributed by atoms with Crippen LogP contribution >= 0.6 is 0 Å². The molecule has 0 N–H and O–H groups in total. The average Bonchev–Trinajstić information content (AvgIpc) is 3.15. The molecule has 158 valence electrons. The van der Waals surface area contributed by atoms with Gasteiger partial charge in [0.25, 0.3) is 0 Å². The van der Waals surface area contributed by atoms with Crippen LogP contribution in [0.5, 0.6) is 0 Å². The van der Waals surface area contributed by atoms with Gasteiger partial charge >= 0.3 is 6.09 Å². The van der Waals surface area contributed by atoms with Crippen LogP contribution in [0.2, 0.25) is 0 Å². The predicted octanol–water partition coefficient (Wildman–Crippen LogP) is 3.92. The summed E-state index contributed by atoms with van der Waals surface area (Å²) in [5.41, 5.74) is 2.03. The number of carbonyl (C=O) groups is 2. The first-order chi connectivity index (χ1) is 14.6. The van der Waals surface area contributed by atoms with E-state index in [0.29, 0.717) is 6.61 Å². The van der Waals surface area contributed by atoms with E-state index in [1.165, 1.54) is 0 Å². The van der Waals surface area contributed by atoms with Crippen LogP contribution in [0.25, 0.3) is 6.08 Å². The van der Waals surface area contributed by atoms with Gasteiger partial charge in [-0.25, -0.2) is 9.69 Å². The van der Waals surface area contributed by atoms with E-state index in [-0.39, 0.29) is 19.1 Å². The third-order valence-corrected chi connectivity index (χ3v) is 5.05. The van der Waals surface area contributed by atoms with Gasteiger partial charge in [0.2, 0.25) is 5.91 Å². The van der Waals surface area contributed by atoms with Gasteiger partial charge in [0, 0.05) is 7.11 Å². The van der Waals surface area contributed by atoms with E-state index >= 15 is 0 Å². The third-order valence-electron chi connectivity index (χ3n) is 5.05. The minimum absolute atomic E-state index is 0.129. The Hall–Kier alpha value is -2.96. The molecule has 6 nitrogen and oxygen atoms in total. The van der Waals surface area contributed by atoms with Crippen molar-refractivity contribution < 1.29 is 23.8 Å². The van der Waals surface area contributed by atoms with Crippen molar-refractivity contribution in [3.05, 3.63) is 77.9 Å². The zero-order valence-corrected chi connectivity index (χ0v) is 17.3. The summed E-state index contributed by atoms with van der Waals surface area (Å²) in [6, 6.07) is 19.0. The highest BCUT2D eigenvalue weighted by Gasteiger charge is 2.41. The molecule has 0 saturated carbocycles. The zero-order chi connectivity index (χ0) is 21.3. The Morgan fingerprint density at radius 3 is 2.50 bits per heavy atom. The second-order valence-electron chi connectivity index (χ2n) is 7.20. The number of imide groups is 1. The molecule has 1 aliphatic rings. The molecule has 3 atom stereocenters. The molecule has 3 rings (SSSR count). The summed E-state index contributed by atoms with van der Waals surface area (Å²) in [5, 5.41) is 0. The number of carbonyl (C=O) groups excluding carboxylic acids is 2. The zero-order valence-electron chi connectivity index (χ0n) is 17.3. The van der Waals surface area contributed by atoms with Gasteiger partial charge in [-0.3, -0.25) is 4.79 Å². The lowest BCUT2D eigenvalue weighted by atomic mass is 10.0. The molecule has 0 aromatic heterocycles. The van der Waals surface area contributed by atoms with Crippen molar-refractivity contribution in [2.75, 3.05) is 20.3 Å². The second-order valence-corrected chi connectivity index (χ2v) is 7.20. The first-order valence-corrected chi connectivity index (χ1v) is 9.97. The van der Waals surface area contributed by atoms with Gasteiger partial charge < -0.3 is 14.2 Å². The molecule has 0 spiro atoms. The van der Waals surface area contributed by atoms with Crippen molar-refractivity contribution in [3.8, 4) is 0 Å². The molecule has 0 bridgehead atoms. The first-order valence-electron chi connectivity index (χ1n) is 9.97. The van der Waals surface area contributed by atoms with Crippen molar-refractivity contribution in [2.24, 2.45) is 5.92 Å². The van der Waals surface area contributed by atoms with Crippen molar-refractivity contribution >= 4 is 18.1 Å². The largest absolute Gasteiger partial charge is 0.447 e. The highest BCUT2D eigenvalue weighted by molar-refractivity contribution is 5.95. The highest BCUT2D eigenvalue weighted by atomic mass is 16.6. The normalized spacial score (nSPS) is 18.4. The number of cyclic esters (lactones) is 1. The number of benzene rings is 2. The van der Waals surface area contributed by atoms with Crippen LogP contribution in [0, 0.1) is 5.92 Å². The smallest absolute Gasteiger partial charge is 0.417 e. The van der Waals surface area contributed by atoms with Crippen LogP contribution in [0.1, 0.15) is 18.1 Å². The monoisotopic (exact) mass is 409 g/mol. The number of methoxy groups -OCH3 is 1. The maximum absolute atomic E-state index is 13.1. The Bertz CT molecular complexity index is 852. The standard InChI is InChI=1S/C24H27NO5/c1-18(22(28-2)14-13-19-9-5-3-6-10-19)23(26)25-21(17-30-24(25)27)16-29-15-20-11-7-4-8-12-20/h3-14,18,21-22H,15-17H2,1-2H3/b14-13+/t18-,21-,22+/m1/s1. The number of hydrogen-bond donors (Lipinski definition) is 0. The summed E-state index contributed by atoms with van der Waals surface area (Å²) in [6.07, 6.45) is 2.63. The lowest BCUT2D eigenvalue weighted by Crippen LogP contribution is -2.46. The Balaban J connectivity index is 1.61. The molecule has 6 heteroatoms. The minimum Gasteiger partial charge on any atom is -0.447 e. The summed E-state index contributed by atoms with van der Waals surface area (Å²) in [4.78, 5) is 26.5. The number of ether oxygens (including phenoxy) is 3. The maximum atomic E-state index is 13.1. The van der Waals surface area contributed by atoms with Gasteiger partial charge in [-0.15, -0.1) is 0 Å². The molecule has 0 unspecified atom stereocenters. The van der Waals surface area contributed by atoms with Crippen molar-refractivity contribution in [1.29, 1.82) is 0 Å². The molecule has 0 radical (unpaired) electrons. The SMILES string of the molecule is CO[C@@H](/C=C/c1ccccc1)[C@@H](C)C(=O)N1C(=O)OC[C@H]1COCc1ccccc1. The Kier molecular flexibility index (Phi) is 7.76. The number of rotatable bonds is 9. The van der Waals surface area contributed by atoms with Gasteiger partial charge in [-0.1, -0.05) is 79.7 Å². The van der Waals surface area contributed by atoms with Crippen LogP contribution in [0.15, 0.2) is 66.7 Å². The van der Waals surface area contributed by atoms with Crippen LogP contribution in [0.4, 0.5) is 4.79 Å². The van der Waals surface area contributed by atoms with Crippen LogP contribution < -0.4 is 0 Å². The molecule has 1 aliphatic heterocycles. The summed E-state index contributed by atoms with van der Waals surface area (Å²) in [5.74, 6) is -0.896. The fourth-order valence-corrected chi connectivity index (χ4v) is 3.32. The Morgan fingerprint density at radius 1 is 1.17 bits per heavy atom. The summed E-state index contributed by atoms with van der Waals surface area (Å²) < 4.78 is 16.4. The van der Waals surface area contributed by atoms with Crippen molar-refractivity contribution in [2.45, 2.75) is 25.7 Å². The van der Waals surface area contributed by atoms with E-state index < -0.39 is 24.2 Å². The lowest BCUT2D eigenvalue weighted by Gasteiger charge is -2.26.